The van der Waals surface area contributed by atoms with E-state index in [-0.39, 0.29) is 18.3 Å². The van der Waals surface area contributed by atoms with Crippen LogP contribution in [0.2, 0.25) is 0 Å². The molecule has 0 aromatic carbocycles. The van der Waals surface area contributed by atoms with Crippen LogP contribution in [0, 0.1) is 22.7 Å². The average Bonchev–Trinajstić information content (AvgIpc) is 2.44. The molecule has 0 amide bonds. The van der Waals surface area contributed by atoms with Crippen molar-refractivity contribution in [2.45, 2.75) is 46.1 Å². The Balaban J connectivity index is 3.06. The van der Waals surface area contributed by atoms with E-state index in [1.165, 1.54) is 11.1 Å². The van der Waals surface area contributed by atoms with Crippen LogP contribution < -0.4 is 0 Å². The Bertz CT molecular complexity index is 454. The van der Waals surface area contributed by atoms with E-state index >= 15 is 0 Å². The van der Waals surface area contributed by atoms with E-state index in [0.717, 1.165) is 12.8 Å². The van der Waals surface area contributed by atoms with Crippen LogP contribution in [0.1, 0.15) is 40.0 Å². The highest BCUT2D eigenvalue weighted by Crippen LogP contribution is 2.48. The second kappa shape index (κ2) is 8.17. The van der Waals surface area contributed by atoms with E-state index in [1.54, 1.807) is 13.2 Å². The van der Waals surface area contributed by atoms with E-state index in [1.807, 2.05) is 12.2 Å². The first-order chi connectivity index (χ1) is 9.98. The van der Waals surface area contributed by atoms with E-state index in [4.69, 9.17) is 14.7 Å². The van der Waals surface area contributed by atoms with Gasteiger partial charge in [0.05, 0.1) is 18.6 Å². The summed E-state index contributed by atoms with van der Waals surface area (Å²) in [4.78, 5) is 0. The van der Waals surface area contributed by atoms with Gasteiger partial charge in [-0.1, -0.05) is 49.8 Å². The third kappa shape index (κ3) is 4.30. The molecule has 3 heteroatoms. The molecule has 116 valence electrons. The number of allylic oxidation sites excluding steroid dienone is 4. The highest BCUT2D eigenvalue weighted by molar-refractivity contribution is 5.28. The summed E-state index contributed by atoms with van der Waals surface area (Å²) in [6, 6.07) is 2.31. The number of nitrogens with zero attached hydrogens (tertiary/aromatic N) is 1. The Morgan fingerprint density at radius 2 is 2.24 bits per heavy atom. The van der Waals surface area contributed by atoms with E-state index in [2.05, 4.69) is 33.4 Å². The quantitative estimate of drug-likeness (QED) is 0.397. The third-order valence-corrected chi connectivity index (χ3v) is 4.52. The second-order valence-electron chi connectivity index (χ2n) is 6.12. The third-order valence-electron chi connectivity index (χ3n) is 4.52. The van der Waals surface area contributed by atoms with Gasteiger partial charge in [-0.3, -0.25) is 0 Å². The van der Waals surface area contributed by atoms with Gasteiger partial charge in [-0.15, -0.1) is 0 Å². The van der Waals surface area contributed by atoms with Crippen molar-refractivity contribution in [2.24, 2.45) is 11.3 Å². The lowest BCUT2D eigenvalue weighted by Crippen LogP contribution is -2.39. The number of ether oxygens (including phenoxy) is 2. The summed E-state index contributed by atoms with van der Waals surface area (Å²) in [5.74, 6) is 0.330. The number of hydrogen-bond donors (Lipinski definition) is 0. The van der Waals surface area contributed by atoms with Crippen LogP contribution in [0.3, 0.4) is 0 Å². The van der Waals surface area contributed by atoms with Gasteiger partial charge in [-0.2, -0.15) is 5.26 Å². The first kappa shape index (κ1) is 17.7. The maximum atomic E-state index is 9.11. The molecular formula is C18H27NO2. The monoisotopic (exact) mass is 289 g/mol. The molecule has 0 unspecified atom stereocenters. The fraction of sp³-hybridized carbons (Fsp3) is 0.611. The van der Waals surface area contributed by atoms with Crippen molar-refractivity contribution in [1.29, 1.82) is 5.26 Å². The molecule has 0 aliphatic heterocycles. The minimum atomic E-state index is -0.0536. The summed E-state index contributed by atoms with van der Waals surface area (Å²) in [7, 11) is 1.63. The smallest absolute Gasteiger partial charge is 0.147 e. The highest BCUT2D eigenvalue weighted by Gasteiger charge is 2.41. The first-order valence-corrected chi connectivity index (χ1v) is 7.44. The lowest BCUT2D eigenvalue weighted by atomic mass is 9.63. The molecule has 0 aromatic rings. The Kier molecular flexibility index (Phi) is 6.87. The van der Waals surface area contributed by atoms with Gasteiger partial charge in [0, 0.05) is 7.11 Å². The van der Waals surface area contributed by atoms with Gasteiger partial charge in [0.2, 0.25) is 0 Å². The van der Waals surface area contributed by atoms with E-state index in [9.17, 15) is 0 Å². The highest BCUT2D eigenvalue weighted by atomic mass is 16.7. The summed E-state index contributed by atoms with van der Waals surface area (Å²) in [5.41, 5.74) is 2.57. The van der Waals surface area contributed by atoms with Gasteiger partial charge in [-0.05, 0) is 31.1 Å². The summed E-state index contributed by atoms with van der Waals surface area (Å²) in [5, 5.41) is 9.11. The van der Waals surface area contributed by atoms with Gasteiger partial charge in [0.15, 0.2) is 0 Å². The lowest BCUT2D eigenvalue weighted by Gasteiger charge is -2.44. The molecule has 1 aliphatic rings. The van der Waals surface area contributed by atoms with Crippen molar-refractivity contribution >= 4 is 0 Å². The van der Waals surface area contributed by atoms with Crippen LogP contribution >= 0.6 is 0 Å². The predicted octanol–water partition coefficient (Wildman–Crippen LogP) is 4.38. The van der Waals surface area contributed by atoms with Crippen LogP contribution in [0.15, 0.2) is 36.0 Å². The molecule has 0 saturated heterocycles. The van der Waals surface area contributed by atoms with Crippen LogP contribution in [0.4, 0.5) is 0 Å². The number of nitriles is 1. The number of rotatable bonds is 7. The normalized spacial score (nSPS) is 23.1. The van der Waals surface area contributed by atoms with Crippen molar-refractivity contribution in [3.05, 3.63) is 36.0 Å². The fourth-order valence-corrected chi connectivity index (χ4v) is 3.33. The zero-order chi connectivity index (χ0) is 15.9. The summed E-state index contributed by atoms with van der Waals surface area (Å²) < 4.78 is 10.9. The Labute approximate surface area is 128 Å². The zero-order valence-electron chi connectivity index (χ0n) is 13.7. The molecule has 0 heterocycles. The topological polar surface area (TPSA) is 42.2 Å². The predicted molar refractivity (Wildman–Crippen MR) is 85.5 cm³/mol. The minimum absolute atomic E-state index is 0.0280. The zero-order valence-corrected chi connectivity index (χ0v) is 13.7. The standard InChI is InChI=1S/C18H27NO2/c1-6-7-8-17(21-13-20-5)16-10-9-14(2)15(11-12-19)18(16,3)4/h6-8,16-17H,1,9-11,13H2,2-5H3/t16-,17+/m0/s1. The van der Waals surface area contributed by atoms with E-state index in [0.29, 0.717) is 12.3 Å². The first-order valence-electron chi connectivity index (χ1n) is 7.44. The van der Waals surface area contributed by atoms with Crippen molar-refractivity contribution in [2.75, 3.05) is 13.9 Å². The molecule has 0 spiro atoms. The average molecular weight is 289 g/mol. The molecular weight excluding hydrogens is 262 g/mol. The molecule has 0 aromatic heterocycles. The molecule has 0 radical (unpaired) electrons. The molecule has 0 fully saturated rings. The van der Waals surface area contributed by atoms with Gasteiger partial charge in [0.25, 0.3) is 0 Å². The van der Waals surface area contributed by atoms with Gasteiger partial charge >= 0.3 is 0 Å². The van der Waals surface area contributed by atoms with Gasteiger partial charge < -0.3 is 9.47 Å². The van der Waals surface area contributed by atoms with Crippen molar-refractivity contribution in [1.82, 2.24) is 0 Å². The van der Waals surface area contributed by atoms with Gasteiger partial charge in [0.1, 0.15) is 6.79 Å². The fourth-order valence-electron chi connectivity index (χ4n) is 3.33. The van der Waals surface area contributed by atoms with E-state index < -0.39 is 0 Å². The molecule has 0 bridgehead atoms. The van der Waals surface area contributed by atoms with Crippen molar-refractivity contribution < 1.29 is 9.47 Å². The Hall–Kier alpha value is -1.37. The molecule has 1 aliphatic carbocycles. The summed E-state index contributed by atoms with van der Waals surface area (Å²) >= 11 is 0. The lowest BCUT2D eigenvalue weighted by molar-refractivity contribution is -0.0892. The summed E-state index contributed by atoms with van der Waals surface area (Å²) in [6.45, 7) is 10.6. The molecule has 2 atom stereocenters. The Morgan fingerprint density at radius 3 is 2.81 bits per heavy atom. The van der Waals surface area contributed by atoms with Crippen LogP contribution in [0.25, 0.3) is 0 Å². The molecule has 21 heavy (non-hydrogen) atoms. The number of hydrogen-bond acceptors (Lipinski definition) is 3. The molecule has 1 rings (SSSR count). The van der Waals surface area contributed by atoms with Crippen LogP contribution in [0.5, 0.6) is 0 Å². The van der Waals surface area contributed by atoms with Crippen LogP contribution in [-0.4, -0.2) is 20.0 Å². The van der Waals surface area contributed by atoms with Crippen LogP contribution in [-0.2, 0) is 9.47 Å². The minimum Gasteiger partial charge on any atom is -0.359 e. The molecule has 0 N–H and O–H groups in total. The van der Waals surface area contributed by atoms with Gasteiger partial charge in [-0.25, -0.2) is 0 Å². The Morgan fingerprint density at radius 1 is 1.52 bits per heavy atom. The molecule has 0 saturated carbocycles. The molecule has 3 nitrogen and oxygen atoms in total. The largest absolute Gasteiger partial charge is 0.359 e. The second-order valence-corrected chi connectivity index (χ2v) is 6.12. The van der Waals surface area contributed by atoms with Crippen molar-refractivity contribution in [3.8, 4) is 6.07 Å². The SMILES string of the molecule is C=CC=C[C@@H](OCOC)[C@@H]1CCC(C)=C(CC#N)C1(C)C. The van der Waals surface area contributed by atoms with Crippen molar-refractivity contribution in [3.63, 3.8) is 0 Å². The maximum absolute atomic E-state index is 9.11. The maximum Gasteiger partial charge on any atom is 0.147 e. The summed E-state index contributed by atoms with van der Waals surface area (Å²) in [6.07, 6.45) is 8.28. The number of methoxy groups -OCH3 is 1.